The van der Waals surface area contributed by atoms with Crippen LogP contribution in [0.2, 0.25) is 0 Å². The highest BCUT2D eigenvalue weighted by Crippen LogP contribution is 2.14. The number of aromatic nitrogens is 2. The van der Waals surface area contributed by atoms with Crippen molar-refractivity contribution in [2.45, 2.75) is 19.8 Å². The van der Waals surface area contributed by atoms with Gasteiger partial charge in [-0.25, -0.2) is 0 Å². The third-order valence-corrected chi connectivity index (χ3v) is 3.22. The fraction of sp³-hybridized carbons (Fsp3) is 0.833. The van der Waals surface area contributed by atoms with Gasteiger partial charge in [-0.1, -0.05) is 12.0 Å². The number of ether oxygens (including phenoxy) is 1. The van der Waals surface area contributed by atoms with E-state index in [0.29, 0.717) is 11.9 Å². The second-order valence-electron chi connectivity index (χ2n) is 4.51. The average molecular weight is 254 g/mol. The minimum absolute atomic E-state index is 0.670. The summed E-state index contributed by atoms with van der Waals surface area (Å²) in [5, 5.41) is 8.08. The highest BCUT2D eigenvalue weighted by molar-refractivity contribution is 5.25. The lowest BCUT2D eigenvalue weighted by atomic mass is 10.3. The van der Waals surface area contributed by atoms with Gasteiger partial charge < -0.3 is 14.1 Å². The van der Waals surface area contributed by atoms with Gasteiger partial charge in [0.2, 0.25) is 5.89 Å². The summed E-state index contributed by atoms with van der Waals surface area (Å²) < 4.78 is 10.6. The summed E-state index contributed by atoms with van der Waals surface area (Å²) in [4.78, 5) is 4.62. The van der Waals surface area contributed by atoms with Gasteiger partial charge in [0.05, 0.1) is 0 Å². The van der Waals surface area contributed by atoms with Crippen LogP contribution < -0.4 is 4.90 Å². The molecule has 2 rings (SSSR count). The van der Waals surface area contributed by atoms with Crippen LogP contribution in [0.5, 0.6) is 0 Å². The van der Waals surface area contributed by atoms with Crippen LogP contribution in [-0.2, 0) is 11.2 Å². The van der Waals surface area contributed by atoms with E-state index < -0.39 is 0 Å². The van der Waals surface area contributed by atoms with Crippen LogP contribution in [0.1, 0.15) is 19.2 Å². The number of hydrogen-bond acceptors (Lipinski definition) is 6. The zero-order valence-electron chi connectivity index (χ0n) is 11.3. The SMILES string of the molecule is CCc1nnc(N2CCN(CCCOC)CC2)o1. The Morgan fingerprint density at radius 3 is 2.61 bits per heavy atom. The van der Waals surface area contributed by atoms with Crippen LogP contribution >= 0.6 is 0 Å². The third kappa shape index (κ3) is 3.43. The van der Waals surface area contributed by atoms with E-state index in [1.807, 2.05) is 6.92 Å². The Bertz CT molecular complexity index is 348. The minimum atomic E-state index is 0.670. The summed E-state index contributed by atoms with van der Waals surface area (Å²) in [5.74, 6) is 0.715. The minimum Gasteiger partial charge on any atom is -0.408 e. The average Bonchev–Trinajstić information content (AvgIpc) is 2.89. The Balaban J connectivity index is 1.75. The van der Waals surface area contributed by atoms with Crippen molar-refractivity contribution in [2.75, 3.05) is 51.3 Å². The molecule has 0 bridgehead atoms. The monoisotopic (exact) mass is 254 g/mol. The van der Waals surface area contributed by atoms with Gasteiger partial charge in [-0.05, 0) is 6.42 Å². The number of anilines is 1. The lowest BCUT2D eigenvalue weighted by Crippen LogP contribution is -2.46. The summed E-state index contributed by atoms with van der Waals surface area (Å²) in [7, 11) is 1.75. The van der Waals surface area contributed by atoms with E-state index >= 15 is 0 Å². The van der Waals surface area contributed by atoms with Crippen LogP contribution in [0.3, 0.4) is 0 Å². The Labute approximate surface area is 108 Å². The molecule has 1 fully saturated rings. The molecule has 1 aliphatic rings. The summed E-state index contributed by atoms with van der Waals surface area (Å²) in [6, 6.07) is 0.670. The lowest BCUT2D eigenvalue weighted by molar-refractivity contribution is 0.168. The van der Waals surface area contributed by atoms with E-state index in [2.05, 4.69) is 20.0 Å². The van der Waals surface area contributed by atoms with Crippen molar-refractivity contribution in [3.8, 4) is 0 Å². The van der Waals surface area contributed by atoms with Gasteiger partial charge in [0.25, 0.3) is 0 Å². The fourth-order valence-corrected chi connectivity index (χ4v) is 2.11. The molecule has 0 aromatic carbocycles. The van der Waals surface area contributed by atoms with E-state index in [4.69, 9.17) is 9.15 Å². The molecule has 0 amide bonds. The zero-order chi connectivity index (χ0) is 12.8. The molecular formula is C12H22N4O2. The summed E-state index contributed by atoms with van der Waals surface area (Å²) in [5.41, 5.74) is 0. The second-order valence-corrected chi connectivity index (χ2v) is 4.51. The molecule has 0 radical (unpaired) electrons. The molecular weight excluding hydrogens is 232 g/mol. The number of piperazine rings is 1. The molecule has 6 nitrogen and oxygen atoms in total. The first-order valence-corrected chi connectivity index (χ1v) is 6.62. The van der Waals surface area contributed by atoms with Crippen LogP contribution in [0.4, 0.5) is 6.01 Å². The molecule has 1 aromatic rings. The molecule has 1 aromatic heterocycles. The molecule has 0 spiro atoms. The molecule has 0 atom stereocenters. The van der Waals surface area contributed by atoms with Gasteiger partial charge in [0.15, 0.2) is 0 Å². The van der Waals surface area contributed by atoms with Gasteiger partial charge in [-0.3, -0.25) is 4.90 Å². The fourth-order valence-electron chi connectivity index (χ4n) is 2.11. The Morgan fingerprint density at radius 2 is 2.00 bits per heavy atom. The third-order valence-electron chi connectivity index (χ3n) is 3.22. The predicted octanol–water partition coefficient (Wildman–Crippen LogP) is 0.790. The number of nitrogens with zero attached hydrogens (tertiary/aromatic N) is 4. The predicted molar refractivity (Wildman–Crippen MR) is 68.8 cm³/mol. The van der Waals surface area contributed by atoms with Gasteiger partial charge >= 0.3 is 6.01 Å². The summed E-state index contributed by atoms with van der Waals surface area (Å²) >= 11 is 0. The van der Waals surface area contributed by atoms with E-state index in [1.165, 1.54) is 0 Å². The van der Waals surface area contributed by atoms with Crippen LogP contribution in [0, 0.1) is 0 Å². The second kappa shape index (κ2) is 6.70. The first-order valence-electron chi connectivity index (χ1n) is 6.62. The van der Waals surface area contributed by atoms with Gasteiger partial charge in [0, 0.05) is 52.9 Å². The summed E-state index contributed by atoms with van der Waals surface area (Å²) in [6.07, 6.45) is 1.89. The Kier molecular flexibility index (Phi) is 4.95. The highest BCUT2D eigenvalue weighted by atomic mass is 16.5. The Hall–Kier alpha value is -1.14. The van der Waals surface area contributed by atoms with Crippen molar-refractivity contribution in [1.29, 1.82) is 0 Å². The number of aryl methyl sites for hydroxylation is 1. The van der Waals surface area contributed by atoms with Crippen LogP contribution in [0.15, 0.2) is 4.42 Å². The van der Waals surface area contributed by atoms with E-state index in [1.54, 1.807) is 7.11 Å². The van der Waals surface area contributed by atoms with Gasteiger partial charge in [-0.15, -0.1) is 5.10 Å². The van der Waals surface area contributed by atoms with Crippen molar-refractivity contribution >= 4 is 6.01 Å². The molecule has 0 aliphatic carbocycles. The van der Waals surface area contributed by atoms with E-state index in [9.17, 15) is 0 Å². The number of methoxy groups -OCH3 is 1. The quantitative estimate of drug-likeness (QED) is 0.700. The van der Waals surface area contributed by atoms with Gasteiger partial charge in [0.1, 0.15) is 0 Å². The molecule has 102 valence electrons. The van der Waals surface area contributed by atoms with Crippen molar-refractivity contribution in [3.63, 3.8) is 0 Å². The summed E-state index contributed by atoms with van der Waals surface area (Å²) in [6.45, 7) is 7.97. The van der Waals surface area contributed by atoms with E-state index in [-0.39, 0.29) is 0 Å². The van der Waals surface area contributed by atoms with Crippen LogP contribution in [-0.4, -0.2) is 61.5 Å². The molecule has 6 heteroatoms. The van der Waals surface area contributed by atoms with Crippen LogP contribution in [0.25, 0.3) is 0 Å². The Morgan fingerprint density at radius 1 is 1.22 bits per heavy atom. The molecule has 2 heterocycles. The largest absolute Gasteiger partial charge is 0.408 e. The standard InChI is InChI=1S/C12H22N4O2/c1-3-11-13-14-12(18-11)16-8-6-15(7-9-16)5-4-10-17-2/h3-10H2,1-2H3. The first kappa shape index (κ1) is 13.3. The lowest BCUT2D eigenvalue weighted by Gasteiger charge is -2.33. The number of hydrogen-bond donors (Lipinski definition) is 0. The van der Waals surface area contributed by atoms with Crippen molar-refractivity contribution in [1.82, 2.24) is 15.1 Å². The highest BCUT2D eigenvalue weighted by Gasteiger charge is 2.20. The molecule has 18 heavy (non-hydrogen) atoms. The molecule has 0 N–H and O–H groups in total. The normalized spacial score (nSPS) is 17.3. The van der Waals surface area contributed by atoms with Crippen molar-refractivity contribution < 1.29 is 9.15 Å². The maximum absolute atomic E-state index is 5.57. The molecule has 1 aliphatic heterocycles. The zero-order valence-corrected chi connectivity index (χ0v) is 11.3. The first-order chi connectivity index (χ1) is 8.83. The maximum Gasteiger partial charge on any atom is 0.318 e. The number of rotatable bonds is 6. The smallest absolute Gasteiger partial charge is 0.318 e. The molecule has 1 saturated heterocycles. The van der Waals surface area contributed by atoms with Gasteiger partial charge in [-0.2, -0.15) is 0 Å². The van der Waals surface area contributed by atoms with E-state index in [0.717, 1.165) is 52.2 Å². The van der Waals surface area contributed by atoms with Crippen molar-refractivity contribution in [3.05, 3.63) is 5.89 Å². The topological polar surface area (TPSA) is 54.6 Å². The molecule has 0 saturated carbocycles. The molecule has 0 unspecified atom stereocenters. The van der Waals surface area contributed by atoms with Crippen molar-refractivity contribution in [2.24, 2.45) is 0 Å². The maximum atomic E-state index is 5.57.